The summed E-state index contributed by atoms with van der Waals surface area (Å²) in [5, 5.41) is 0.314. The molecule has 0 radical (unpaired) electrons. The number of hydrogen-bond acceptors (Lipinski definition) is 2. The Bertz CT molecular complexity index is 303. The van der Waals surface area contributed by atoms with Gasteiger partial charge in [0.1, 0.15) is 4.99 Å². The molecule has 0 unspecified atom stereocenters. The molecule has 2 N–H and O–H groups in total. The number of aromatic nitrogens is 1. The maximum atomic E-state index is 12.7. The van der Waals surface area contributed by atoms with Crippen molar-refractivity contribution in [1.82, 2.24) is 4.98 Å². The topological polar surface area (TPSA) is 38.9 Å². The van der Waals surface area contributed by atoms with E-state index in [9.17, 15) is 4.39 Å². The van der Waals surface area contributed by atoms with Crippen molar-refractivity contribution >= 4 is 28.8 Å². The molecule has 1 heterocycles. The Morgan fingerprint density at radius 1 is 1.73 bits per heavy atom. The zero-order chi connectivity index (χ0) is 8.43. The van der Waals surface area contributed by atoms with Crippen molar-refractivity contribution < 1.29 is 4.39 Å². The zero-order valence-corrected chi connectivity index (χ0v) is 6.92. The lowest BCUT2D eigenvalue weighted by molar-refractivity contribution is 0.581. The van der Waals surface area contributed by atoms with E-state index in [1.165, 1.54) is 12.3 Å². The lowest BCUT2D eigenvalue weighted by Crippen LogP contribution is -2.12. The normalized spacial score (nSPS) is 9.64. The smallest absolute Gasteiger partial charge is 0.223 e. The molecule has 0 bridgehead atoms. The second-order valence-corrected chi connectivity index (χ2v) is 2.73. The molecule has 0 spiro atoms. The Balaban J connectivity index is 3.23. The zero-order valence-electron chi connectivity index (χ0n) is 5.34. The summed E-state index contributed by atoms with van der Waals surface area (Å²) in [6.07, 6.45) is 1.19. The first-order chi connectivity index (χ1) is 5.11. The molecule has 0 aliphatic carbocycles. The Kier molecular flexibility index (Phi) is 2.36. The van der Waals surface area contributed by atoms with E-state index in [1.54, 1.807) is 0 Å². The minimum Gasteiger partial charge on any atom is -0.389 e. The van der Waals surface area contributed by atoms with E-state index in [0.717, 1.165) is 0 Å². The Labute approximate surface area is 73.2 Å². The van der Waals surface area contributed by atoms with Crippen molar-refractivity contribution in [3.63, 3.8) is 0 Å². The fourth-order valence-electron chi connectivity index (χ4n) is 0.595. The highest BCUT2D eigenvalue weighted by molar-refractivity contribution is 7.80. The van der Waals surface area contributed by atoms with Crippen molar-refractivity contribution in [2.75, 3.05) is 0 Å². The molecule has 5 heteroatoms. The molecule has 1 aromatic rings. The Morgan fingerprint density at radius 2 is 2.36 bits per heavy atom. The van der Waals surface area contributed by atoms with Gasteiger partial charge in [-0.1, -0.05) is 23.8 Å². The van der Waals surface area contributed by atoms with Gasteiger partial charge >= 0.3 is 0 Å². The van der Waals surface area contributed by atoms with Crippen LogP contribution in [0.4, 0.5) is 4.39 Å². The molecular weight excluding hydrogens is 187 g/mol. The standard InChI is InChI=1S/C6H4ClFN2S/c7-3-1-4(6(9)11)5(8)10-2-3/h1-2H,(H2,9,11). The average molecular weight is 191 g/mol. The summed E-state index contributed by atoms with van der Waals surface area (Å²) in [6.45, 7) is 0. The summed E-state index contributed by atoms with van der Waals surface area (Å²) in [6, 6.07) is 1.34. The van der Waals surface area contributed by atoms with Crippen molar-refractivity contribution in [2.45, 2.75) is 0 Å². The molecule has 1 rings (SSSR count). The molecule has 0 aliphatic rings. The molecule has 0 saturated heterocycles. The van der Waals surface area contributed by atoms with Gasteiger partial charge < -0.3 is 5.73 Å². The monoisotopic (exact) mass is 190 g/mol. The van der Waals surface area contributed by atoms with Gasteiger partial charge in [-0.25, -0.2) is 4.98 Å². The lowest BCUT2D eigenvalue weighted by Gasteiger charge is -1.98. The van der Waals surface area contributed by atoms with E-state index in [4.69, 9.17) is 17.3 Å². The van der Waals surface area contributed by atoms with Gasteiger partial charge in [-0.05, 0) is 6.07 Å². The fraction of sp³-hybridized carbons (Fsp3) is 0. The third-order valence-electron chi connectivity index (χ3n) is 1.07. The minimum absolute atomic E-state index is 0.0440. The van der Waals surface area contributed by atoms with Crippen LogP contribution in [0.1, 0.15) is 5.56 Å². The second kappa shape index (κ2) is 3.11. The third-order valence-corrected chi connectivity index (χ3v) is 1.50. The summed E-state index contributed by atoms with van der Waals surface area (Å²) in [7, 11) is 0. The van der Waals surface area contributed by atoms with Gasteiger partial charge in [0.25, 0.3) is 0 Å². The number of hydrogen-bond donors (Lipinski definition) is 1. The van der Waals surface area contributed by atoms with Gasteiger partial charge in [0, 0.05) is 6.20 Å². The van der Waals surface area contributed by atoms with E-state index in [1.807, 2.05) is 0 Å². The molecule has 0 fully saturated rings. The average Bonchev–Trinajstić information content (AvgIpc) is 1.94. The highest BCUT2D eigenvalue weighted by atomic mass is 35.5. The largest absolute Gasteiger partial charge is 0.389 e. The van der Waals surface area contributed by atoms with Crippen LogP contribution >= 0.6 is 23.8 Å². The van der Waals surface area contributed by atoms with E-state index in [2.05, 4.69) is 17.2 Å². The van der Waals surface area contributed by atoms with Gasteiger partial charge in [-0.3, -0.25) is 0 Å². The number of thiocarbonyl (C=S) groups is 1. The van der Waals surface area contributed by atoms with Crippen LogP contribution in [0.2, 0.25) is 5.02 Å². The van der Waals surface area contributed by atoms with Crippen molar-refractivity contribution in [1.29, 1.82) is 0 Å². The first kappa shape index (κ1) is 8.36. The molecule has 2 nitrogen and oxygen atoms in total. The highest BCUT2D eigenvalue weighted by Gasteiger charge is 2.05. The molecule has 1 aromatic heterocycles. The number of nitrogens with two attached hydrogens (primary N) is 1. The third kappa shape index (κ3) is 1.85. The lowest BCUT2D eigenvalue weighted by atomic mass is 10.3. The minimum atomic E-state index is -0.693. The SMILES string of the molecule is NC(=S)c1cc(Cl)cnc1F. The summed E-state index contributed by atoms with van der Waals surface area (Å²) in [5.41, 5.74) is 5.25. The predicted octanol–water partition coefficient (Wildman–Crippen LogP) is 1.51. The Morgan fingerprint density at radius 3 is 2.82 bits per heavy atom. The van der Waals surface area contributed by atoms with E-state index < -0.39 is 5.95 Å². The van der Waals surface area contributed by atoms with E-state index >= 15 is 0 Å². The van der Waals surface area contributed by atoms with E-state index in [0.29, 0.717) is 5.02 Å². The number of rotatable bonds is 1. The summed E-state index contributed by atoms with van der Waals surface area (Å²) < 4.78 is 12.7. The van der Waals surface area contributed by atoms with Crippen LogP contribution in [0.15, 0.2) is 12.3 Å². The summed E-state index contributed by atoms with van der Waals surface area (Å²) in [5.74, 6) is -0.693. The molecule has 11 heavy (non-hydrogen) atoms. The number of halogens is 2. The molecule has 0 saturated carbocycles. The van der Waals surface area contributed by atoms with Crippen LogP contribution in [0.25, 0.3) is 0 Å². The van der Waals surface area contributed by atoms with Crippen LogP contribution in [-0.2, 0) is 0 Å². The van der Waals surface area contributed by atoms with Crippen molar-refractivity contribution in [3.05, 3.63) is 28.8 Å². The van der Waals surface area contributed by atoms with E-state index in [-0.39, 0.29) is 10.6 Å². The fourth-order valence-corrected chi connectivity index (χ4v) is 0.896. The van der Waals surface area contributed by atoms with Crippen LogP contribution in [0, 0.1) is 5.95 Å². The molecule has 0 aromatic carbocycles. The first-order valence-corrected chi connectivity index (χ1v) is 3.50. The van der Waals surface area contributed by atoms with Crippen molar-refractivity contribution in [3.8, 4) is 0 Å². The highest BCUT2D eigenvalue weighted by Crippen LogP contribution is 2.11. The predicted molar refractivity (Wildman–Crippen MR) is 45.1 cm³/mol. The summed E-state index contributed by atoms with van der Waals surface area (Å²) >= 11 is 10.1. The van der Waals surface area contributed by atoms with Crippen LogP contribution in [0.5, 0.6) is 0 Å². The van der Waals surface area contributed by atoms with Crippen LogP contribution < -0.4 is 5.73 Å². The Hall–Kier alpha value is -0.740. The van der Waals surface area contributed by atoms with Crippen molar-refractivity contribution in [2.24, 2.45) is 5.73 Å². The maximum absolute atomic E-state index is 12.7. The van der Waals surface area contributed by atoms with Gasteiger partial charge in [-0.15, -0.1) is 0 Å². The second-order valence-electron chi connectivity index (χ2n) is 1.86. The molecular formula is C6H4ClFN2S. The van der Waals surface area contributed by atoms with Gasteiger partial charge in [0.15, 0.2) is 0 Å². The van der Waals surface area contributed by atoms with Crippen LogP contribution in [-0.4, -0.2) is 9.97 Å². The van der Waals surface area contributed by atoms with Gasteiger partial charge in [-0.2, -0.15) is 4.39 Å². The molecule has 0 aliphatic heterocycles. The van der Waals surface area contributed by atoms with Crippen LogP contribution in [0.3, 0.4) is 0 Å². The first-order valence-electron chi connectivity index (χ1n) is 2.72. The molecule has 58 valence electrons. The molecule has 0 amide bonds. The van der Waals surface area contributed by atoms with Gasteiger partial charge in [0.2, 0.25) is 5.95 Å². The molecule has 0 atom stereocenters. The van der Waals surface area contributed by atoms with Gasteiger partial charge in [0.05, 0.1) is 10.6 Å². The number of nitrogens with zero attached hydrogens (tertiary/aromatic N) is 1. The summed E-state index contributed by atoms with van der Waals surface area (Å²) in [4.78, 5) is 3.29. The quantitative estimate of drug-likeness (QED) is 0.539. The maximum Gasteiger partial charge on any atom is 0.223 e. The number of pyridine rings is 1.